The molecule has 0 heterocycles. The van der Waals surface area contributed by atoms with Gasteiger partial charge in [-0.05, 0) is 147 Å². The molecule has 2 heteroatoms. The number of anilines is 6. The number of fused-ring (bicyclic) bond motifs is 4. The minimum Gasteiger partial charge on any atom is -0.310 e. The van der Waals surface area contributed by atoms with E-state index < -0.39 is 0 Å². The van der Waals surface area contributed by atoms with E-state index in [9.17, 15) is 0 Å². The van der Waals surface area contributed by atoms with Crippen molar-refractivity contribution in [1.82, 2.24) is 0 Å². The number of para-hydroxylation sites is 2. The second kappa shape index (κ2) is 16.9. The Kier molecular flexibility index (Phi) is 10.7. The van der Waals surface area contributed by atoms with Crippen LogP contribution in [0.4, 0.5) is 34.1 Å². The van der Waals surface area contributed by atoms with Crippen LogP contribution in [0.2, 0.25) is 0 Å². The largest absolute Gasteiger partial charge is 0.310 e. The van der Waals surface area contributed by atoms with E-state index >= 15 is 0 Å². The predicted molar refractivity (Wildman–Crippen MR) is 285 cm³/mol. The zero-order valence-corrected chi connectivity index (χ0v) is 39.6. The Labute approximate surface area is 398 Å². The van der Waals surface area contributed by atoms with Gasteiger partial charge in [-0.2, -0.15) is 0 Å². The number of hydrogen-bond acceptors (Lipinski definition) is 2. The van der Waals surface area contributed by atoms with E-state index in [4.69, 9.17) is 0 Å². The maximum atomic E-state index is 2.46. The molecule has 0 bridgehead atoms. The van der Waals surface area contributed by atoms with E-state index in [0.29, 0.717) is 5.92 Å². The highest BCUT2D eigenvalue weighted by Crippen LogP contribution is 2.55. The Morgan fingerprint density at radius 2 is 1.00 bits per heavy atom. The van der Waals surface area contributed by atoms with Crippen LogP contribution in [-0.2, 0) is 10.8 Å². The lowest BCUT2D eigenvalue weighted by molar-refractivity contribution is 0.137. The molecule has 9 aromatic carbocycles. The first kappa shape index (κ1) is 42.5. The molecule has 0 N–H and O–H groups in total. The molecule has 1 saturated carbocycles. The summed E-state index contributed by atoms with van der Waals surface area (Å²) in [6.07, 6.45) is 4.71. The van der Waals surface area contributed by atoms with E-state index in [1.165, 1.54) is 79.5 Å². The van der Waals surface area contributed by atoms with Crippen LogP contribution in [0.3, 0.4) is 0 Å². The zero-order valence-electron chi connectivity index (χ0n) is 39.6. The fraction of sp³-hybridized carbons (Fsp3) is 0.200. The van der Waals surface area contributed by atoms with Crippen molar-refractivity contribution in [3.63, 3.8) is 0 Å². The molecule has 330 valence electrons. The van der Waals surface area contributed by atoms with Crippen LogP contribution in [0.5, 0.6) is 0 Å². The minimum absolute atomic E-state index is 0.123. The molecule has 11 rings (SSSR count). The molecule has 2 aliphatic rings. The summed E-state index contributed by atoms with van der Waals surface area (Å²) in [5.74, 6) is 0.596. The Hall–Kier alpha value is -7.16. The molecule has 0 aliphatic heterocycles. The summed E-state index contributed by atoms with van der Waals surface area (Å²) >= 11 is 0. The Morgan fingerprint density at radius 3 is 1.66 bits per heavy atom. The molecule has 67 heavy (non-hydrogen) atoms. The number of nitrogens with zero attached hydrogens (tertiary/aromatic N) is 2. The van der Waals surface area contributed by atoms with E-state index in [-0.39, 0.29) is 16.2 Å². The van der Waals surface area contributed by atoms with Crippen LogP contribution in [0.25, 0.3) is 33.0 Å². The molecule has 0 spiro atoms. The Balaban J connectivity index is 0.996. The average molecular weight is 869 g/mol. The van der Waals surface area contributed by atoms with Crippen molar-refractivity contribution in [2.75, 3.05) is 9.80 Å². The van der Waals surface area contributed by atoms with Gasteiger partial charge in [-0.1, -0.05) is 193 Å². The number of benzene rings is 9. The Morgan fingerprint density at radius 1 is 0.463 bits per heavy atom. The summed E-state index contributed by atoms with van der Waals surface area (Å²) in [6.45, 7) is 12.1. The molecule has 0 amide bonds. The van der Waals surface area contributed by atoms with Crippen LogP contribution < -0.4 is 9.80 Å². The highest BCUT2D eigenvalue weighted by molar-refractivity contribution is 5.99. The van der Waals surface area contributed by atoms with Gasteiger partial charge in [-0.25, -0.2) is 0 Å². The topological polar surface area (TPSA) is 6.48 Å². The second-order valence-corrected chi connectivity index (χ2v) is 20.6. The van der Waals surface area contributed by atoms with Crippen molar-refractivity contribution < 1.29 is 0 Å². The molecule has 0 saturated heterocycles. The summed E-state index contributed by atoms with van der Waals surface area (Å²) in [4.78, 5) is 4.87. The van der Waals surface area contributed by atoms with Gasteiger partial charge in [0.2, 0.25) is 0 Å². The summed E-state index contributed by atoms with van der Waals surface area (Å²) in [5.41, 5.74) is 17.7. The first-order chi connectivity index (χ1) is 32.6. The van der Waals surface area contributed by atoms with Gasteiger partial charge in [0.05, 0.1) is 5.69 Å². The standard InChI is InChI=1S/C65H60N2/c1-63(2,3)50-24-19-43-65(45-50,49-35-39-54(40-36-49)67(52-27-13-8-14-28-52)61-32-17-23-46-22-15-16-29-56(46)61)48-33-37-53(38-34-48)66(51-25-11-7-12-26-51)55-41-42-58-60(44-55)64(4,5)59-31-18-30-57(62(58)59)47-20-9-6-10-21-47/h6-18,20-23,25-42,44,50H,19,24,43,45H2,1-5H3. The van der Waals surface area contributed by atoms with Crippen molar-refractivity contribution in [3.05, 3.63) is 241 Å². The first-order valence-electron chi connectivity index (χ1n) is 24.3. The van der Waals surface area contributed by atoms with Gasteiger partial charge in [-0.15, -0.1) is 0 Å². The lowest BCUT2D eigenvalue weighted by Gasteiger charge is -2.46. The van der Waals surface area contributed by atoms with Crippen LogP contribution in [0, 0.1) is 11.3 Å². The van der Waals surface area contributed by atoms with Crippen LogP contribution in [-0.4, -0.2) is 0 Å². The van der Waals surface area contributed by atoms with Crippen molar-refractivity contribution in [2.45, 2.75) is 71.1 Å². The third kappa shape index (κ3) is 7.53. The molecule has 2 nitrogen and oxygen atoms in total. The molecule has 0 radical (unpaired) electrons. The highest BCUT2D eigenvalue weighted by atomic mass is 15.1. The van der Waals surface area contributed by atoms with Gasteiger partial charge in [0.25, 0.3) is 0 Å². The third-order valence-corrected chi connectivity index (χ3v) is 15.4. The molecule has 0 aromatic heterocycles. The maximum Gasteiger partial charge on any atom is 0.0540 e. The normalized spacial score (nSPS) is 17.4. The van der Waals surface area contributed by atoms with E-state index in [1.54, 1.807) is 0 Å². The SMILES string of the molecule is CC1(C)c2cc(N(c3ccccc3)c3ccc(C4(c5ccc(N(c6ccccc6)c6cccc7ccccc67)cc5)CCCC(C(C)(C)C)C4)cc3)ccc2-c2c(-c3ccccc3)cccc21. The van der Waals surface area contributed by atoms with Crippen molar-refractivity contribution in [1.29, 1.82) is 0 Å². The lowest BCUT2D eigenvalue weighted by Crippen LogP contribution is -2.38. The van der Waals surface area contributed by atoms with Gasteiger partial charge in [0.15, 0.2) is 0 Å². The maximum absolute atomic E-state index is 2.46. The smallest absolute Gasteiger partial charge is 0.0540 e. The average Bonchev–Trinajstić information content (AvgIpc) is 3.60. The summed E-state index contributed by atoms with van der Waals surface area (Å²) in [6, 6.07) is 81.3. The molecule has 2 atom stereocenters. The van der Waals surface area contributed by atoms with Crippen molar-refractivity contribution in [3.8, 4) is 22.3 Å². The van der Waals surface area contributed by atoms with Crippen molar-refractivity contribution in [2.24, 2.45) is 11.3 Å². The Bertz CT molecular complexity index is 3180. The van der Waals surface area contributed by atoms with Crippen LogP contribution >= 0.6 is 0 Å². The van der Waals surface area contributed by atoms with Gasteiger partial charge in [-0.3, -0.25) is 0 Å². The van der Waals surface area contributed by atoms with Gasteiger partial charge in [0.1, 0.15) is 0 Å². The second-order valence-electron chi connectivity index (χ2n) is 20.6. The van der Waals surface area contributed by atoms with E-state index in [2.05, 4.69) is 263 Å². The molecule has 2 aliphatic carbocycles. The van der Waals surface area contributed by atoms with E-state index in [0.717, 1.165) is 35.6 Å². The summed E-state index contributed by atoms with van der Waals surface area (Å²) in [5, 5.41) is 2.48. The molecule has 1 fully saturated rings. The van der Waals surface area contributed by atoms with Gasteiger partial charge < -0.3 is 9.80 Å². The molecule has 9 aromatic rings. The monoisotopic (exact) mass is 868 g/mol. The fourth-order valence-corrected chi connectivity index (χ4v) is 11.8. The highest BCUT2D eigenvalue weighted by Gasteiger charge is 2.43. The van der Waals surface area contributed by atoms with Crippen LogP contribution in [0.15, 0.2) is 218 Å². The summed E-state index contributed by atoms with van der Waals surface area (Å²) in [7, 11) is 0. The molecular weight excluding hydrogens is 809 g/mol. The fourth-order valence-electron chi connectivity index (χ4n) is 11.8. The van der Waals surface area contributed by atoms with Crippen molar-refractivity contribution >= 4 is 44.9 Å². The number of hydrogen-bond donors (Lipinski definition) is 0. The van der Waals surface area contributed by atoms with Gasteiger partial charge in [0, 0.05) is 44.7 Å². The van der Waals surface area contributed by atoms with Gasteiger partial charge >= 0.3 is 0 Å². The zero-order chi connectivity index (χ0) is 45.8. The first-order valence-corrected chi connectivity index (χ1v) is 24.3. The lowest BCUT2D eigenvalue weighted by atomic mass is 9.58. The molecule has 2 unspecified atom stereocenters. The number of rotatable bonds is 9. The third-order valence-electron chi connectivity index (χ3n) is 15.4. The predicted octanol–water partition coefficient (Wildman–Crippen LogP) is 18.3. The minimum atomic E-state index is -0.156. The molecular formula is C65H60N2. The van der Waals surface area contributed by atoms with E-state index in [1.807, 2.05) is 0 Å². The quantitative estimate of drug-likeness (QED) is 0.143. The van der Waals surface area contributed by atoms with Crippen LogP contribution in [0.1, 0.15) is 82.6 Å². The summed E-state index contributed by atoms with van der Waals surface area (Å²) < 4.78 is 0.